The van der Waals surface area contributed by atoms with E-state index in [9.17, 15) is 9.59 Å². The molecule has 0 bridgehead atoms. The lowest BCUT2D eigenvalue weighted by Gasteiger charge is -2.13. The number of halogens is 1. The molecule has 114 valence electrons. The maximum atomic E-state index is 13.0. The summed E-state index contributed by atoms with van der Waals surface area (Å²) in [6.45, 7) is 5.73. The zero-order valence-electron chi connectivity index (χ0n) is 13.0. The fraction of sp³-hybridized carbons (Fsp3) is 0.222. The van der Waals surface area contributed by atoms with Crippen LogP contribution in [0.15, 0.2) is 30.3 Å². The SMILES string of the molecule is COC(=O)c1cccc(Cl)c1C(=O)c1c(C)cc(C)cc1C. The standard InChI is InChI=1S/C18H17ClO3/c1-10-8-11(2)15(12(3)9-10)17(20)16-13(18(21)22-4)6-5-7-14(16)19/h5-9H,1-4H3. The lowest BCUT2D eigenvalue weighted by atomic mass is 9.91. The maximum absolute atomic E-state index is 13.0. The molecule has 2 rings (SSSR count). The Bertz CT molecular complexity index is 740. The van der Waals surface area contributed by atoms with Crippen LogP contribution in [-0.4, -0.2) is 18.9 Å². The number of benzene rings is 2. The van der Waals surface area contributed by atoms with Crippen molar-refractivity contribution in [3.8, 4) is 0 Å². The van der Waals surface area contributed by atoms with Gasteiger partial charge in [-0.1, -0.05) is 35.4 Å². The molecule has 0 aliphatic rings. The number of hydrogen-bond donors (Lipinski definition) is 0. The van der Waals surface area contributed by atoms with E-state index >= 15 is 0 Å². The number of esters is 1. The number of ether oxygens (including phenoxy) is 1. The number of carbonyl (C=O) groups excluding carboxylic acids is 2. The van der Waals surface area contributed by atoms with Crippen LogP contribution in [-0.2, 0) is 4.74 Å². The molecule has 0 atom stereocenters. The molecule has 0 unspecified atom stereocenters. The van der Waals surface area contributed by atoms with E-state index in [1.807, 2.05) is 32.9 Å². The van der Waals surface area contributed by atoms with Crippen molar-refractivity contribution in [2.75, 3.05) is 7.11 Å². The third-order valence-electron chi connectivity index (χ3n) is 3.55. The molecule has 2 aromatic carbocycles. The molecule has 0 spiro atoms. The Morgan fingerprint density at radius 3 is 2.14 bits per heavy atom. The summed E-state index contributed by atoms with van der Waals surface area (Å²) in [7, 11) is 1.28. The summed E-state index contributed by atoms with van der Waals surface area (Å²) in [5.41, 5.74) is 3.74. The Kier molecular flexibility index (Phi) is 4.67. The molecule has 0 aromatic heterocycles. The van der Waals surface area contributed by atoms with E-state index in [1.165, 1.54) is 7.11 Å². The van der Waals surface area contributed by atoms with Crippen LogP contribution in [0, 0.1) is 20.8 Å². The number of carbonyl (C=O) groups is 2. The Morgan fingerprint density at radius 2 is 1.59 bits per heavy atom. The van der Waals surface area contributed by atoms with Crippen LogP contribution < -0.4 is 0 Å². The van der Waals surface area contributed by atoms with Crippen molar-refractivity contribution in [1.29, 1.82) is 0 Å². The van der Waals surface area contributed by atoms with E-state index < -0.39 is 5.97 Å². The summed E-state index contributed by atoms with van der Waals surface area (Å²) < 4.78 is 4.75. The predicted molar refractivity (Wildman–Crippen MR) is 86.9 cm³/mol. The fourth-order valence-corrected chi connectivity index (χ4v) is 2.96. The largest absolute Gasteiger partial charge is 0.465 e. The zero-order chi connectivity index (χ0) is 16.4. The molecule has 0 aliphatic heterocycles. The van der Waals surface area contributed by atoms with Gasteiger partial charge in [-0.2, -0.15) is 0 Å². The first-order chi connectivity index (χ1) is 10.4. The summed E-state index contributed by atoms with van der Waals surface area (Å²) in [5.74, 6) is -0.839. The van der Waals surface area contributed by atoms with E-state index in [-0.39, 0.29) is 21.9 Å². The van der Waals surface area contributed by atoms with Crippen LogP contribution in [0.1, 0.15) is 43.0 Å². The van der Waals surface area contributed by atoms with Gasteiger partial charge in [0.2, 0.25) is 0 Å². The average molecular weight is 317 g/mol. The Balaban J connectivity index is 2.68. The number of hydrogen-bond acceptors (Lipinski definition) is 3. The van der Waals surface area contributed by atoms with Gasteiger partial charge < -0.3 is 4.74 Å². The van der Waals surface area contributed by atoms with Crippen molar-refractivity contribution in [2.45, 2.75) is 20.8 Å². The van der Waals surface area contributed by atoms with Gasteiger partial charge in [0.15, 0.2) is 5.78 Å². The van der Waals surface area contributed by atoms with Gasteiger partial charge in [0.25, 0.3) is 0 Å². The van der Waals surface area contributed by atoms with Crippen LogP contribution in [0.3, 0.4) is 0 Å². The lowest BCUT2D eigenvalue weighted by Crippen LogP contribution is -2.14. The van der Waals surface area contributed by atoms with E-state index in [0.717, 1.165) is 16.7 Å². The van der Waals surface area contributed by atoms with Gasteiger partial charge >= 0.3 is 5.97 Å². The highest BCUT2D eigenvalue weighted by Crippen LogP contribution is 2.27. The molecule has 0 radical (unpaired) electrons. The van der Waals surface area contributed by atoms with E-state index in [1.54, 1.807) is 18.2 Å². The maximum Gasteiger partial charge on any atom is 0.338 e. The molecule has 0 heterocycles. The van der Waals surface area contributed by atoms with E-state index in [2.05, 4.69) is 0 Å². The van der Waals surface area contributed by atoms with Crippen molar-refractivity contribution in [2.24, 2.45) is 0 Å². The Hall–Kier alpha value is -2.13. The summed E-state index contributed by atoms with van der Waals surface area (Å²) in [6, 6.07) is 8.65. The van der Waals surface area contributed by atoms with Crippen LogP contribution in [0.25, 0.3) is 0 Å². The third-order valence-corrected chi connectivity index (χ3v) is 3.87. The van der Waals surface area contributed by atoms with Gasteiger partial charge in [-0.25, -0.2) is 4.79 Å². The van der Waals surface area contributed by atoms with Gasteiger partial charge in [-0.05, 0) is 44.0 Å². The molecule has 0 N–H and O–H groups in total. The van der Waals surface area contributed by atoms with Gasteiger partial charge in [-0.3, -0.25) is 4.79 Å². The van der Waals surface area contributed by atoms with Crippen molar-refractivity contribution in [3.05, 3.63) is 68.7 Å². The molecule has 2 aromatic rings. The van der Waals surface area contributed by atoms with Crippen LogP contribution in [0.2, 0.25) is 5.02 Å². The molecular formula is C18H17ClO3. The van der Waals surface area contributed by atoms with Crippen LogP contribution in [0.5, 0.6) is 0 Å². The predicted octanol–water partition coefficient (Wildman–Crippen LogP) is 4.28. The van der Waals surface area contributed by atoms with Gasteiger partial charge in [0.1, 0.15) is 0 Å². The number of aryl methyl sites for hydroxylation is 3. The molecule has 0 saturated carbocycles. The Morgan fingerprint density at radius 1 is 1.00 bits per heavy atom. The minimum Gasteiger partial charge on any atom is -0.465 e. The van der Waals surface area contributed by atoms with E-state index in [0.29, 0.717) is 5.56 Å². The molecule has 0 aliphatic carbocycles. The highest BCUT2D eigenvalue weighted by atomic mass is 35.5. The molecule has 0 fully saturated rings. The first-order valence-electron chi connectivity index (χ1n) is 6.86. The topological polar surface area (TPSA) is 43.4 Å². The molecule has 0 amide bonds. The highest BCUT2D eigenvalue weighted by molar-refractivity contribution is 6.36. The van der Waals surface area contributed by atoms with Gasteiger partial charge in [0.05, 0.1) is 23.3 Å². The second kappa shape index (κ2) is 6.32. The van der Waals surface area contributed by atoms with Crippen LogP contribution in [0.4, 0.5) is 0 Å². The van der Waals surface area contributed by atoms with Crippen molar-refractivity contribution in [3.63, 3.8) is 0 Å². The highest BCUT2D eigenvalue weighted by Gasteiger charge is 2.24. The number of ketones is 1. The number of methoxy groups -OCH3 is 1. The summed E-state index contributed by atoms with van der Waals surface area (Å²) in [5, 5.41) is 0.243. The number of rotatable bonds is 3. The summed E-state index contributed by atoms with van der Waals surface area (Å²) >= 11 is 6.18. The summed E-state index contributed by atoms with van der Waals surface area (Å²) in [6.07, 6.45) is 0. The minimum absolute atomic E-state index is 0.180. The fourth-order valence-electron chi connectivity index (χ4n) is 2.70. The summed E-state index contributed by atoms with van der Waals surface area (Å²) in [4.78, 5) is 24.9. The van der Waals surface area contributed by atoms with Gasteiger partial charge in [0, 0.05) is 5.56 Å². The third kappa shape index (κ3) is 2.90. The second-order valence-corrected chi connectivity index (χ2v) is 5.66. The average Bonchev–Trinajstić information content (AvgIpc) is 2.44. The van der Waals surface area contributed by atoms with Crippen molar-refractivity contribution >= 4 is 23.4 Å². The van der Waals surface area contributed by atoms with Crippen molar-refractivity contribution < 1.29 is 14.3 Å². The smallest absolute Gasteiger partial charge is 0.338 e. The second-order valence-electron chi connectivity index (χ2n) is 5.26. The minimum atomic E-state index is -0.576. The lowest BCUT2D eigenvalue weighted by molar-refractivity contribution is 0.0597. The molecule has 3 nitrogen and oxygen atoms in total. The Labute approximate surface area is 134 Å². The van der Waals surface area contributed by atoms with Crippen molar-refractivity contribution in [1.82, 2.24) is 0 Å². The molecule has 0 saturated heterocycles. The van der Waals surface area contributed by atoms with Crippen LogP contribution >= 0.6 is 11.6 Å². The first-order valence-corrected chi connectivity index (χ1v) is 7.24. The molecule has 22 heavy (non-hydrogen) atoms. The zero-order valence-corrected chi connectivity index (χ0v) is 13.7. The van der Waals surface area contributed by atoms with Gasteiger partial charge in [-0.15, -0.1) is 0 Å². The monoisotopic (exact) mass is 316 g/mol. The molecule has 4 heteroatoms. The first kappa shape index (κ1) is 16.2. The quantitative estimate of drug-likeness (QED) is 0.627. The normalized spacial score (nSPS) is 10.4. The van der Waals surface area contributed by atoms with E-state index in [4.69, 9.17) is 16.3 Å². The molecular weight excluding hydrogens is 300 g/mol.